The molecule has 0 bridgehead atoms. The van der Waals surface area contributed by atoms with Crippen LogP contribution in [0, 0.1) is 13.0 Å². The van der Waals surface area contributed by atoms with Crippen molar-refractivity contribution in [3.05, 3.63) is 64.6 Å². The fourth-order valence-corrected chi connectivity index (χ4v) is 2.85. The molecule has 0 saturated heterocycles. The summed E-state index contributed by atoms with van der Waals surface area (Å²) in [6.07, 6.45) is 12.7. The van der Waals surface area contributed by atoms with Crippen LogP contribution in [0.25, 0.3) is 16.9 Å². The first kappa shape index (κ1) is 17.3. The third kappa shape index (κ3) is 5.55. The average Bonchev–Trinajstić information content (AvgIpc) is 2.99. The summed E-state index contributed by atoms with van der Waals surface area (Å²) >= 11 is 1.72. The van der Waals surface area contributed by atoms with Gasteiger partial charge in [0.05, 0.1) is 11.6 Å². The van der Waals surface area contributed by atoms with Crippen molar-refractivity contribution in [2.75, 3.05) is 0 Å². The van der Waals surface area contributed by atoms with Gasteiger partial charge in [-0.25, -0.2) is 0 Å². The van der Waals surface area contributed by atoms with E-state index in [0.29, 0.717) is 0 Å². The number of aryl methyl sites for hydroxylation is 1. The van der Waals surface area contributed by atoms with Crippen LogP contribution in [-0.2, 0) is 0 Å². The molecule has 0 aromatic carbocycles. The van der Waals surface area contributed by atoms with Gasteiger partial charge in [0.1, 0.15) is 16.4 Å². The summed E-state index contributed by atoms with van der Waals surface area (Å²) in [5, 5.41) is 2.10. The van der Waals surface area contributed by atoms with Crippen molar-refractivity contribution in [2.24, 2.45) is 0 Å². The van der Waals surface area contributed by atoms with E-state index < -0.39 is 7.25 Å². The molecule has 0 saturated carbocycles. The van der Waals surface area contributed by atoms with Gasteiger partial charge < -0.3 is 21.7 Å². The molecule has 0 radical (unpaired) electrons. The van der Waals surface area contributed by atoms with Gasteiger partial charge in [-0.05, 0) is 37.3 Å². The molecule has 0 fully saturated rings. The molecule has 2 aromatic heterocycles. The predicted molar refractivity (Wildman–Crippen MR) is 86.5 cm³/mol. The van der Waals surface area contributed by atoms with E-state index in [2.05, 4.69) is 35.8 Å². The molecule has 23 heavy (non-hydrogen) atoms. The Labute approximate surface area is 135 Å². The fraction of sp³-hybridized carbons (Fsp3) is 0.125. The molecular formula is C16H13BF4OS. The number of halogens is 4. The van der Waals surface area contributed by atoms with Crippen LogP contribution in [0.2, 0.25) is 0 Å². The molecule has 0 N–H and O–H groups in total. The first-order chi connectivity index (χ1) is 10.8. The highest BCUT2D eigenvalue weighted by Crippen LogP contribution is 2.35. The van der Waals surface area contributed by atoms with E-state index >= 15 is 0 Å². The third-order valence-corrected chi connectivity index (χ3v) is 3.78. The fourth-order valence-electron chi connectivity index (χ4n) is 1.96. The number of rotatable bonds is 2. The van der Waals surface area contributed by atoms with Gasteiger partial charge in [-0.1, -0.05) is 11.3 Å². The van der Waals surface area contributed by atoms with Crippen LogP contribution in [0.1, 0.15) is 17.1 Å². The summed E-state index contributed by atoms with van der Waals surface area (Å²) in [4.78, 5) is 1.21. The van der Waals surface area contributed by atoms with E-state index in [9.17, 15) is 17.3 Å². The highest BCUT2D eigenvalue weighted by molar-refractivity contribution is 7.11. The van der Waals surface area contributed by atoms with Gasteiger partial charge in [0.2, 0.25) is 0 Å². The molecular weight excluding hydrogens is 327 g/mol. The monoisotopic (exact) mass is 340 g/mol. The van der Waals surface area contributed by atoms with Gasteiger partial charge in [-0.2, -0.15) is 0 Å². The molecule has 3 rings (SSSR count). The maximum absolute atomic E-state index is 9.75. The normalized spacial score (nSPS) is 13.7. The summed E-state index contributed by atoms with van der Waals surface area (Å²) < 4.78 is 44.7. The number of hydrogen-bond acceptors (Lipinski definition) is 2. The Morgan fingerprint density at radius 1 is 1.13 bits per heavy atom. The van der Waals surface area contributed by atoms with Crippen molar-refractivity contribution in [1.29, 1.82) is 0 Å². The second-order valence-electron chi connectivity index (χ2n) is 4.67. The summed E-state index contributed by atoms with van der Waals surface area (Å²) in [7, 11) is -6.00. The highest BCUT2D eigenvalue weighted by atomic mass is 32.1. The first-order valence-electron chi connectivity index (χ1n) is 6.81. The average molecular weight is 340 g/mol. The minimum Gasteiger partial charge on any atom is -0.460 e. The van der Waals surface area contributed by atoms with Crippen molar-refractivity contribution in [3.8, 4) is 11.3 Å². The van der Waals surface area contributed by atoms with Crippen molar-refractivity contribution in [1.82, 2.24) is 0 Å². The Kier molecular flexibility index (Phi) is 5.58. The molecule has 2 heterocycles. The molecule has 0 unspecified atom stereocenters. The summed E-state index contributed by atoms with van der Waals surface area (Å²) in [5.41, 5.74) is 2.28. The van der Waals surface area contributed by atoms with Crippen molar-refractivity contribution in [3.63, 3.8) is 0 Å². The topological polar surface area (TPSA) is 13.1 Å². The van der Waals surface area contributed by atoms with Crippen LogP contribution in [0.15, 0.2) is 52.3 Å². The van der Waals surface area contributed by atoms with Gasteiger partial charge in [0.15, 0.2) is 5.57 Å². The zero-order valence-electron chi connectivity index (χ0n) is 12.2. The van der Waals surface area contributed by atoms with Crippen LogP contribution < -0.4 is 0 Å². The van der Waals surface area contributed by atoms with Gasteiger partial charge in [0.25, 0.3) is 0 Å². The summed E-state index contributed by atoms with van der Waals surface area (Å²) in [6.45, 7) is 1.97. The second kappa shape index (κ2) is 7.44. The molecule has 1 aliphatic carbocycles. The molecule has 0 atom stereocenters. The van der Waals surface area contributed by atoms with Crippen LogP contribution in [0.4, 0.5) is 17.3 Å². The quantitative estimate of drug-likeness (QED) is 0.354. The van der Waals surface area contributed by atoms with Crippen LogP contribution in [0.5, 0.6) is 0 Å². The Morgan fingerprint density at radius 3 is 2.52 bits per heavy atom. The SMILES string of the molecule is Cc1ccc(-c2ccsc2C2=[C+]C=CCC=C2)o1.F[B-](F)(F)F. The summed E-state index contributed by atoms with van der Waals surface area (Å²) in [6, 6.07) is 6.13. The highest BCUT2D eigenvalue weighted by Gasteiger charge is 2.20. The molecule has 0 amide bonds. The van der Waals surface area contributed by atoms with E-state index in [1.807, 2.05) is 25.1 Å². The number of allylic oxidation sites excluding steroid dienone is 6. The van der Waals surface area contributed by atoms with Crippen molar-refractivity contribution in [2.45, 2.75) is 13.3 Å². The minimum absolute atomic E-state index is 0.930. The molecule has 0 spiro atoms. The lowest BCUT2D eigenvalue weighted by atomic mass is 10.1. The van der Waals surface area contributed by atoms with E-state index in [4.69, 9.17) is 4.42 Å². The lowest BCUT2D eigenvalue weighted by Gasteiger charge is -1.95. The maximum atomic E-state index is 9.75. The van der Waals surface area contributed by atoms with Crippen molar-refractivity contribution < 1.29 is 21.7 Å². The molecule has 0 aliphatic heterocycles. The smallest absolute Gasteiger partial charge is 0.460 e. The zero-order valence-corrected chi connectivity index (χ0v) is 13.0. The maximum Gasteiger partial charge on any atom is 0.673 e. The Morgan fingerprint density at radius 2 is 1.87 bits per heavy atom. The van der Waals surface area contributed by atoms with Gasteiger partial charge >= 0.3 is 7.25 Å². The number of furan rings is 1. The molecule has 120 valence electrons. The molecule has 7 heteroatoms. The van der Waals surface area contributed by atoms with Crippen LogP contribution in [-0.4, -0.2) is 7.25 Å². The van der Waals surface area contributed by atoms with Crippen LogP contribution >= 0.6 is 11.3 Å². The predicted octanol–water partition coefficient (Wildman–Crippen LogP) is 6.32. The first-order valence-corrected chi connectivity index (χ1v) is 7.69. The Bertz CT molecular complexity index is 731. The van der Waals surface area contributed by atoms with Gasteiger partial charge in [-0.15, -0.1) is 0 Å². The molecule has 1 aliphatic rings. The number of thiophene rings is 1. The van der Waals surface area contributed by atoms with E-state index in [1.165, 1.54) is 4.88 Å². The zero-order chi connectivity index (χ0) is 16.9. The number of hydrogen-bond donors (Lipinski definition) is 0. The van der Waals surface area contributed by atoms with Crippen molar-refractivity contribution >= 4 is 24.2 Å². The van der Waals surface area contributed by atoms with E-state index in [-0.39, 0.29) is 0 Å². The lowest BCUT2D eigenvalue weighted by molar-refractivity contribution is 0.368. The second-order valence-corrected chi connectivity index (χ2v) is 5.58. The van der Waals surface area contributed by atoms with Gasteiger partial charge in [0, 0.05) is 24.0 Å². The Balaban J connectivity index is 0.000000338. The molecule has 2 aromatic rings. The summed E-state index contributed by atoms with van der Waals surface area (Å²) in [5.74, 6) is 1.87. The largest absolute Gasteiger partial charge is 0.673 e. The standard InChI is InChI=1S/C16H13OS.BF4/c1-12-8-9-15(17-12)14-10-11-18-16(14)13-6-4-2-3-5-7-13;2-1(3,4)5/h2,4-5,7-11H,3H2,1H3;/q+1;-1. The lowest BCUT2D eigenvalue weighted by Crippen LogP contribution is -2.02. The third-order valence-electron chi connectivity index (χ3n) is 2.83. The van der Waals surface area contributed by atoms with E-state index in [1.54, 1.807) is 11.3 Å². The molecule has 1 nitrogen and oxygen atoms in total. The Hall–Kier alpha value is -2.11. The van der Waals surface area contributed by atoms with Gasteiger partial charge in [-0.3, -0.25) is 0 Å². The minimum atomic E-state index is -6.00. The van der Waals surface area contributed by atoms with E-state index in [0.717, 1.165) is 29.1 Å². The van der Waals surface area contributed by atoms with Crippen LogP contribution in [0.3, 0.4) is 0 Å².